The molecule has 0 radical (unpaired) electrons. The molecule has 0 spiro atoms. The highest BCUT2D eigenvalue weighted by Crippen LogP contribution is 2.35. The summed E-state index contributed by atoms with van der Waals surface area (Å²) in [6.07, 6.45) is 0. The third-order valence-corrected chi connectivity index (χ3v) is 2.54. The van der Waals surface area contributed by atoms with E-state index in [1.165, 1.54) is 11.8 Å². The van der Waals surface area contributed by atoms with E-state index in [0.29, 0.717) is 5.75 Å². The number of ether oxygens (including phenoxy) is 1. The third kappa shape index (κ3) is 12.0. The normalized spacial score (nSPS) is 12.6. The van der Waals surface area contributed by atoms with Crippen molar-refractivity contribution < 1.29 is 28.4 Å². The Labute approximate surface area is 98.9 Å². The summed E-state index contributed by atoms with van der Waals surface area (Å²) < 4.78 is 19.5. The summed E-state index contributed by atoms with van der Waals surface area (Å²) in [5.74, 6) is 0.111. The Hall–Kier alpha value is -0.0700. The van der Waals surface area contributed by atoms with Crippen molar-refractivity contribution in [2.24, 2.45) is 0 Å². The predicted molar refractivity (Wildman–Crippen MR) is 61.2 cm³/mol. The number of thioether (sulfide) groups is 1. The van der Waals surface area contributed by atoms with E-state index in [4.69, 9.17) is 14.5 Å². The molecule has 0 bridgehead atoms. The van der Waals surface area contributed by atoms with Crippen LogP contribution in [0.3, 0.4) is 0 Å². The van der Waals surface area contributed by atoms with Crippen LogP contribution in [0.15, 0.2) is 0 Å². The van der Waals surface area contributed by atoms with Crippen molar-refractivity contribution in [3.05, 3.63) is 0 Å². The summed E-state index contributed by atoms with van der Waals surface area (Å²) in [4.78, 5) is 27.9. The van der Waals surface area contributed by atoms with Crippen LogP contribution in [-0.2, 0) is 18.6 Å². The smallest absolute Gasteiger partial charge is 0.459 e. The number of hydrogen-bond acceptors (Lipinski definition) is 5. The monoisotopic (exact) mass is 272 g/mol. The summed E-state index contributed by atoms with van der Waals surface area (Å²) in [5, 5.41) is 0. The molecule has 0 aromatic heterocycles. The first-order chi connectivity index (χ1) is 7.10. The molecule has 16 heavy (non-hydrogen) atoms. The summed E-state index contributed by atoms with van der Waals surface area (Å²) in [5.41, 5.74) is -0.514. The molecule has 96 valence electrons. The van der Waals surface area contributed by atoms with Gasteiger partial charge in [-0.1, -0.05) is 0 Å². The fourth-order valence-corrected chi connectivity index (χ4v) is 1.77. The van der Waals surface area contributed by atoms with Gasteiger partial charge in [0, 0.05) is 5.75 Å². The molecule has 0 aromatic rings. The minimum Gasteiger partial charge on any atom is -0.459 e. The van der Waals surface area contributed by atoms with Crippen LogP contribution >= 0.6 is 19.6 Å². The number of hydrogen-bond donors (Lipinski definition) is 2. The van der Waals surface area contributed by atoms with Gasteiger partial charge in [0.1, 0.15) is 5.60 Å². The molecular weight excluding hydrogens is 255 g/mol. The standard InChI is InChI=1S/C8H17O6PS/c1-8(2,3)14-7(9)6-16-5-4-13-15(10,11)12/h4-6H2,1-3H3,(H2,10,11,12). The van der Waals surface area contributed by atoms with E-state index in [1.807, 2.05) is 0 Å². The van der Waals surface area contributed by atoms with Crippen molar-refractivity contribution in [1.82, 2.24) is 0 Å². The van der Waals surface area contributed by atoms with E-state index in [9.17, 15) is 9.36 Å². The maximum atomic E-state index is 11.2. The predicted octanol–water partition coefficient (Wildman–Crippen LogP) is 1.17. The molecule has 8 heteroatoms. The molecule has 0 fully saturated rings. The van der Waals surface area contributed by atoms with E-state index in [-0.39, 0.29) is 18.3 Å². The molecule has 0 unspecified atom stereocenters. The minimum atomic E-state index is -4.39. The molecule has 0 aliphatic heterocycles. The molecule has 0 aromatic carbocycles. The highest BCUT2D eigenvalue weighted by molar-refractivity contribution is 7.99. The zero-order chi connectivity index (χ0) is 12.8. The van der Waals surface area contributed by atoms with Crippen LogP contribution < -0.4 is 0 Å². The van der Waals surface area contributed by atoms with E-state index in [2.05, 4.69) is 4.52 Å². The Bertz CT molecular complexity index is 268. The molecule has 0 saturated heterocycles. The summed E-state index contributed by atoms with van der Waals surface area (Å²) in [7, 11) is -4.39. The number of carbonyl (C=O) groups excluding carboxylic acids is 1. The first kappa shape index (κ1) is 15.9. The van der Waals surface area contributed by atoms with Crippen LogP contribution in [0.4, 0.5) is 0 Å². The summed E-state index contributed by atoms with van der Waals surface area (Å²) >= 11 is 1.20. The molecule has 0 saturated carbocycles. The van der Waals surface area contributed by atoms with Gasteiger partial charge in [0.05, 0.1) is 12.4 Å². The maximum Gasteiger partial charge on any atom is 0.469 e. The number of phosphoric acid groups is 1. The van der Waals surface area contributed by atoms with Crippen LogP contribution in [0.5, 0.6) is 0 Å². The van der Waals surface area contributed by atoms with E-state index < -0.39 is 13.4 Å². The molecule has 0 aliphatic rings. The average Bonchev–Trinajstić information content (AvgIpc) is 1.97. The van der Waals surface area contributed by atoms with E-state index >= 15 is 0 Å². The fourth-order valence-electron chi connectivity index (χ4n) is 0.742. The van der Waals surface area contributed by atoms with Crippen molar-refractivity contribution >= 4 is 25.6 Å². The van der Waals surface area contributed by atoms with Crippen molar-refractivity contribution in [1.29, 1.82) is 0 Å². The van der Waals surface area contributed by atoms with Gasteiger partial charge in [-0.15, -0.1) is 11.8 Å². The Morgan fingerprint density at radius 1 is 1.38 bits per heavy atom. The van der Waals surface area contributed by atoms with Crippen molar-refractivity contribution in [2.45, 2.75) is 26.4 Å². The highest BCUT2D eigenvalue weighted by atomic mass is 32.2. The fraction of sp³-hybridized carbons (Fsp3) is 0.875. The lowest BCUT2D eigenvalue weighted by Gasteiger charge is -2.19. The molecule has 2 N–H and O–H groups in total. The number of carbonyl (C=O) groups is 1. The van der Waals surface area contributed by atoms with Gasteiger partial charge in [-0.05, 0) is 20.8 Å². The molecular formula is C8H17O6PS. The topological polar surface area (TPSA) is 93.1 Å². The summed E-state index contributed by atoms with van der Waals surface area (Å²) in [6, 6.07) is 0. The van der Waals surface area contributed by atoms with Crippen LogP contribution in [0.2, 0.25) is 0 Å². The average molecular weight is 272 g/mol. The first-order valence-electron chi connectivity index (χ1n) is 4.60. The van der Waals surface area contributed by atoms with Crippen LogP contribution in [-0.4, -0.2) is 39.5 Å². The number of rotatable bonds is 6. The third-order valence-electron chi connectivity index (χ3n) is 1.13. The molecule has 0 heterocycles. The van der Waals surface area contributed by atoms with Gasteiger partial charge in [0.2, 0.25) is 0 Å². The highest BCUT2D eigenvalue weighted by Gasteiger charge is 2.16. The SMILES string of the molecule is CC(C)(C)OC(=O)CSCCOP(=O)(O)O. The van der Waals surface area contributed by atoms with Crippen molar-refractivity contribution in [2.75, 3.05) is 18.1 Å². The Kier molecular flexibility index (Phi) is 6.58. The van der Waals surface area contributed by atoms with Crippen molar-refractivity contribution in [3.63, 3.8) is 0 Å². The molecule has 0 rings (SSSR count). The zero-order valence-corrected chi connectivity index (χ0v) is 11.2. The van der Waals surface area contributed by atoms with Crippen molar-refractivity contribution in [3.8, 4) is 0 Å². The van der Waals surface area contributed by atoms with Gasteiger partial charge < -0.3 is 14.5 Å². The lowest BCUT2D eigenvalue weighted by atomic mass is 10.2. The molecule has 0 aliphatic carbocycles. The van der Waals surface area contributed by atoms with E-state index in [1.54, 1.807) is 20.8 Å². The van der Waals surface area contributed by atoms with Gasteiger partial charge in [-0.3, -0.25) is 9.32 Å². The van der Waals surface area contributed by atoms with Crippen LogP contribution in [0, 0.1) is 0 Å². The second-order valence-corrected chi connectivity index (χ2v) is 6.31. The van der Waals surface area contributed by atoms with Crippen LogP contribution in [0.1, 0.15) is 20.8 Å². The second kappa shape index (κ2) is 6.61. The molecule has 6 nitrogen and oxygen atoms in total. The second-order valence-electron chi connectivity index (χ2n) is 3.96. The molecule has 0 amide bonds. The van der Waals surface area contributed by atoms with E-state index in [0.717, 1.165) is 0 Å². The summed E-state index contributed by atoms with van der Waals surface area (Å²) in [6.45, 7) is 5.21. The number of phosphoric ester groups is 1. The Balaban J connectivity index is 3.53. The van der Waals surface area contributed by atoms with Gasteiger partial charge >= 0.3 is 13.8 Å². The first-order valence-corrected chi connectivity index (χ1v) is 7.28. The number of esters is 1. The Morgan fingerprint density at radius 2 is 1.94 bits per heavy atom. The van der Waals surface area contributed by atoms with Gasteiger partial charge in [-0.2, -0.15) is 0 Å². The minimum absolute atomic E-state index is 0.0995. The van der Waals surface area contributed by atoms with Gasteiger partial charge in [0.15, 0.2) is 0 Å². The zero-order valence-electron chi connectivity index (χ0n) is 9.50. The maximum absolute atomic E-state index is 11.2. The molecule has 0 atom stereocenters. The van der Waals surface area contributed by atoms with Gasteiger partial charge in [0.25, 0.3) is 0 Å². The lowest BCUT2D eigenvalue weighted by Crippen LogP contribution is -2.25. The Morgan fingerprint density at radius 3 is 2.38 bits per heavy atom. The quantitative estimate of drug-likeness (QED) is 0.426. The lowest BCUT2D eigenvalue weighted by molar-refractivity contribution is -0.151. The largest absolute Gasteiger partial charge is 0.469 e. The van der Waals surface area contributed by atoms with Crippen LogP contribution in [0.25, 0.3) is 0 Å². The van der Waals surface area contributed by atoms with Gasteiger partial charge in [-0.25, -0.2) is 4.57 Å².